The molecule has 12 heavy (non-hydrogen) atoms. The summed E-state index contributed by atoms with van der Waals surface area (Å²) in [5.41, 5.74) is 1.31. The van der Waals surface area contributed by atoms with E-state index in [-0.39, 0.29) is 12.4 Å². The average Bonchev–Trinajstić information content (AvgIpc) is 2.31. The topological polar surface area (TPSA) is 54.5 Å². The molecule has 0 saturated carbocycles. The number of aryl methyl sites for hydroxylation is 1. The van der Waals surface area contributed by atoms with Crippen LogP contribution in [0.5, 0.6) is 0 Å². The second kappa shape index (κ2) is 3.25. The molecule has 0 aliphatic rings. The van der Waals surface area contributed by atoms with E-state index >= 15 is 0 Å². The van der Waals surface area contributed by atoms with Crippen molar-refractivity contribution in [2.24, 2.45) is 0 Å². The maximum absolute atomic E-state index is 5.75. The number of hydrogen-bond acceptors (Lipinski definition) is 3. The van der Waals surface area contributed by atoms with Crippen LogP contribution in [0.4, 0.5) is 0 Å². The van der Waals surface area contributed by atoms with Gasteiger partial charge in [0.05, 0.1) is 0 Å². The summed E-state index contributed by atoms with van der Waals surface area (Å²) in [4.78, 5) is 14.8. The summed E-state index contributed by atoms with van der Waals surface area (Å²) in [7, 11) is 0. The van der Waals surface area contributed by atoms with Crippen LogP contribution in [0.2, 0.25) is 5.15 Å². The van der Waals surface area contributed by atoms with E-state index in [1.54, 1.807) is 0 Å². The number of imidazole rings is 1. The van der Waals surface area contributed by atoms with Gasteiger partial charge in [0, 0.05) is 0 Å². The Morgan fingerprint density at radius 2 is 2.17 bits per heavy atom. The molecule has 2 heterocycles. The second-order valence-corrected chi connectivity index (χ2v) is 2.54. The monoisotopic (exact) mass is 204 g/mol. The van der Waals surface area contributed by atoms with E-state index < -0.39 is 0 Å². The fourth-order valence-corrected chi connectivity index (χ4v) is 1.09. The van der Waals surface area contributed by atoms with Gasteiger partial charge in [-0.1, -0.05) is 11.6 Å². The van der Waals surface area contributed by atoms with Crippen LogP contribution < -0.4 is 0 Å². The van der Waals surface area contributed by atoms with Crippen LogP contribution in [0.15, 0.2) is 6.33 Å². The zero-order valence-electron chi connectivity index (χ0n) is 6.21. The number of nitrogens with zero attached hydrogens (tertiary/aromatic N) is 3. The van der Waals surface area contributed by atoms with Crippen molar-refractivity contribution in [3.8, 4) is 0 Å². The molecule has 0 aliphatic carbocycles. The summed E-state index contributed by atoms with van der Waals surface area (Å²) in [5, 5.41) is 0.413. The number of fused-ring (bicyclic) bond motifs is 1. The smallest absolute Gasteiger partial charge is 0.182 e. The molecule has 0 radical (unpaired) electrons. The molecule has 6 heteroatoms. The predicted molar refractivity (Wildman–Crippen MR) is 48.7 cm³/mol. The molecule has 4 nitrogen and oxygen atoms in total. The molecule has 0 aromatic carbocycles. The first kappa shape index (κ1) is 9.22. The van der Waals surface area contributed by atoms with Crippen LogP contribution in [-0.4, -0.2) is 19.9 Å². The molecule has 0 atom stereocenters. The van der Waals surface area contributed by atoms with Crippen molar-refractivity contribution >= 4 is 35.2 Å². The minimum Gasteiger partial charge on any atom is -0.338 e. The van der Waals surface area contributed by atoms with Crippen molar-refractivity contribution in [3.05, 3.63) is 17.3 Å². The van der Waals surface area contributed by atoms with Gasteiger partial charge in [0.2, 0.25) is 0 Å². The maximum atomic E-state index is 5.75. The number of rotatable bonds is 0. The molecule has 0 aliphatic heterocycles. The molecule has 64 valence electrons. The van der Waals surface area contributed by atoms with Crippen molar-refractivity contribution in [2.75, 3.05) is 0 Å². The fraction of sp³-hybridized carbons (Fsp3) is 0.167. The molecule has 0 saturated heterocycles. The van der Waals surface area contributed by atoms with E-state index in [9.17, 15) is 0 Å². The molecular weight excluding hydrogens is 199 g/mol. The first-order valence-electron chi connectivity index (χ1n) is 3.10. The van der Waals surface area contributed by atoms with Gasteiger partial charge in [-0.05, 0) is 6.92 Å². The first-order chi connectivity index (χ1) is 5.27. The van der Waals surface area contributed by atoms with Crippen molar-refractivity contribution in [3.63, 3.8) is 0 Å². The van der Waals surface area contributed by atoms with E-state index in [0.717, 1.165) is 5.82 Å². The van der Waals surface area contributed by atoms with Gasteiger partial charge in [-0.3, -0.25) is 0 Å². The third kappa shape index (κ3) is 1.35. The van der Waals surface area contributed by atoms with E-state index in [2.05, 4.69) is 19.9 Å². The highest BCUT2D eigenvalue weighted by atomic mass is 35.5. The lowest BCUT2D eigenvalue weighted by atomic mass is 10.6. The largest absolute Gasteiger partial charge is 0.338 e. The summed E-state index contributed by atoms with van der Waals surface area (Å²) in [5.74, 6) is 0.794. The van der Waals surface area contributed by atoms with E-state index in [4.69, 9.17) is 11.6 Å². The van der Waals surface area contributed by atoms with Crippen molar-refractivity contribution in [1.82, 2.24) is 19.9 Å². The highest BCUT2D eigenvalue weighted by Gasteiger charge is 2.03. The standard InChI is InChI=1S/C6H5ClN4.ClH/c1-3-10-4-5(7)8-2-9-6(4)11-3;/h2H,1H3,(H,8,9,10,11);1H. The number of H-pyrrole nitrogens is 1. The molecule has 0 unspecified atom stereocenters. The molecule has 0 fully saturated rings. The quantitative estimate of drug-likeness (QED) is 0.666. The Labute approximate surface area is 79.8 Å². The third-order valence-electron chi connectivity index (χ3n) is 1.36. The lowest BCUT2D eigenvalue weighted by Gasteiger charge is -1.87. The third-order valence-corrected chi connectivity index (χ3v) is 1.65. The maximum Gasteiger partial charge on any atom is 0.182 e. The Balaban J connectivity index is 0.000000720. The van der Waals surface area contributed by atoms with Gasteiger partial charge in [-0.2, -0.15) is 0 Å². The summed E-state index contributed by atoms with van der Waals surface area (Å²) in [6.45, 7) is 1.85. The minimum absolute atomic E-state index is 0. The van der Waals surface area contributed by atoms with Gasteiger partial charge in [-0.25, -0.2) is 15.0 Å². The molecule has 0 bridgehead atoms. The second-order valence-electron chi connectivity index (χ2n) is 2.19. The van der Waals surface area contributed by atoms with Gasteiger partial charge >= 0.3 is 0 Å². The Kier molecular flexibility index (Phi) is 2.49. The van der Waals surface area contributed by atoms with Crippen LogP contribution in [0.3, 0.4) is 0 Å². The molecule has 1 N–H and O–H groups in total. The Morgan fingerprint density at radius 1 is 1.42 bits per heavy atom. The minimum atomic E-state index is 0. The van der Waals surface area contributed by atoms with E-state index in [1.165, 1.54) is 6.33 Å². The zero-order valence-corrected chi connectivity index (χ0v) is 7.78. The Morgan fingerprint density at radius 3 is 2.83 bits per heavy atom. The Bertz CT molecular complexity index is 397. The van der Waals surface area contributed by atoms with Gasteiger partial charge in [-0.15, -0.1) is 12.4 Å². The number of nitrogens with one attached hydrogen (secondary N) is 1. The molecule has 2 aromatic heterocycles. The SMILES string of the molecule is Cc1nc2ncnc(Cl)c2[nH]1.Cl. The highest BCUT2D eigenvalue weighted by Crippen LogP contribution is 2.15. The summed E-state index contributed by atoms with van der Waals surface area (Å²) in [6, 6.07) is 0. The van der Waals surface area contributed by atoms with Crippen molar-refractivity contribution in [2.45, 2.75) is 6.92 Å². The molecule has 0 amide bonds. The first-order valence-corrected chi connectivity index (χ1v) is 3.48. The van der Waals surface area contributed by atoms with Crippen LogP contribution in [0, 0.1) is 6.92 Å². The number of aromatic amines is 1. The lowest BCUT2D eigenvalue weighted by Crippen LogP contribution is -1.80. The molecule has 2 rings (SSSR count). The summed E-state index contributed by atoms with van der Waals surface area (Å²) in [6.07, 6.45) is 1.39. The number of hydrogen-bond donors (Lipinski definition) is 1. The van der Waals surface area contributed by atoms with Crippen LogP contribution in [0.1, 0.15) is 5.82 Å². The summed E-state index contributed by atoms with van der Waals surface area (Å²) < 4.78 is 0. The number of aromatic nitrogens is 4. The Hall–Kier alpha value is -0.870. The van der Waals surface area contributed by atoms with Gasteiger partial charge in [0.25, 0.3) is 0 Å². The molecule has 2 aromatic rings. The zero-order chi connectivity index (χ0) is 7.84. The van der Waals surface area contributed by atoms with Crippen LogP contribution >= 0.6 is 24.0 Å². The normalized spacial score (nSPS) is 9.83. The molecular formula is C6H6Cl2N4. The van der Waals surface area contributed by atoms with Gasteiger partial charge in [0.1, 0.15) is 17.7 Å². The van der Waals surface area contributed by atoms with Gasteiger partial charge in [0.15, 0.2) is 10.8 Å². The van der Waals surface area contributed by atoms with Crippen molar-refractivity contribution < 1.29 is 0 Å². The number of halogens is 2. The average molecular weight is 205 g/mol. The van der Waals surface area contributed by atoms with Crippen LogP contribution in [-0.2, 0) is 0 Å². The predicted octanol–water partition coefficient (Wildman–Crippen LogP) is 1.74. The molecule has 0 spiro atoms. The van der Waals surface area contributed by atoms with Crippen LogP contribution in [0.25, 0.3) is 11.2 Å². The lowest BCUT2D eigenvalue weighted by molar-refractivity contribution is 1.16. The van der Waals surface area contributed by atoms with Crippen molar-refractivity contribution in [1.29, 1.82) is 0 Å². The van der Waals surface area contributed by atoms with E-state index in [0.29, 0.717) is 16.3 Å². The van der Waals surface area contributed by atoms with E-state index in [1.807, 2.05) is 6.92 Å². The fourth-order valence-electron chi connectivity index (χ4n) is 0.916. The summed E-state index contributed by atoms with van der Waals surface area (Å²) >= 11 is 5.75. The van der Waals surface area contributed by atoms with Gasteiger partial charge < -0.3 is 4.98 Å². The highest BCUT2D eigenvalue weighted by molar-refractivity contribution is 6.33.